The lowest BCUT2D eigenvalue weighted by Crippen LogP contribution is -2.51. The number of benzene rings is 1. The zero-order valence-electron chi connectivity index (χ0n) is 16.1. The predicted octanol–water partition coefficient (Wildman–Crippen LogP) is 3.57. The first kappa shape index (κ1) is 21.1. The molecule has 2 aromatic rings. The van der Waals surface area contributed by atoms with Crippen molar-refractivity contribution in [2.24, 2.45) is 5.92 Å². The Labute approximate surface area is 179 Å². The number of hydrogen-bond acceptors (Lipinski definition) is 6. The summed E-state index contributed by atoms with van der Waals surface area (Å²) < 4.78 is 5.63. The number of carbonyl (C=O) groups excluding carboxylic acids is 2. The maximum atomic E-state index is 12.9. The van der Waals surface area contributed by atoms with Crippen molar-refractivity contribution in [3.63, 3.8) is 0 Å². The second-order valence-corrected chi connectivity index (χ2v) is 8.64. The molecule has 0 bridgehead atoms. The Bertz CT molecular complexity index is 921. The Morgan fingerprint density at radius 3 is 2.66 bits per heavy atom. The quantitative estimate of drug-likeness (QED) is 0.516. The summed E-state index contributed by atoms with van der Waals surface area (Å²) in [6.45, 7) is 4.20. The topological polar surface area (TPSA) is 82.8 Å². The molecule has 2 amide bonds. The van der Waals surface area contributed by atoms with Crippen molar-refractivity contribution in [1.29, 1.82) is 0 Å². The monoisotopic (exact) mass is 430 g/mol. The molecular formula is C21H22N2O4S2. The van der Waals surface area contributed by atoms with Crippen molar-refractivity contribution in [1.82, 2.24) is 10.2 Å². The normalized spacial score (nSPS) is 16.7. The number of amides is 2. The van der Waals surface area contributed by atoms with Crippen LogP contribution in [0.5, 0.6) is 5.75 Å². The van der Waals surface area contributed by atoms with Gasteiger partial charge in [-0.15, -0.1) is 0 Å². The summed E-state index contributed by atoms with van der Waals surface area (Å²) in [7, 11) is 0. The average molecular weight is 431 g/mol. The molecule has 1 aliphatic rings. The predicted molar refractivity (Wildman–Crippen MR) is 117 cm³/mol. The van der Waals surface area contributed by atoms with E-state index in [-0.39, 0.29) is 23.5 Å². The van der Waals surface area contributed by atoms with Crippen LogP contribution >= 0.6 is 24.0 Å². The third-order valence-corrected chi connectivity index (χ3v) is 5.80. The second kappa shape index (κ2) is 9.28. The molecule has 2 heterocycles. The third kappa shape index (κ3) is 5.07. The van der Waals surface area contributed by atoms with E-state index in [1.807, 2.05) is 26.0 Å². The van der Waals surface area contributed by atoms with Crippen LogP contribution in [-0.4, -0.2) is 38.7 Å². The van der Waals surface area contributed by atoms with Crippen LogP contribution in [0.25, 0.3) is 6.08 Å². The van der Waals surface area contributed by atoms with Gasteiger partial charge in [0.2, 0.25) is 5.91 Å². The molecule has 0 saturated carbocycles. The SMILES string of the molecule is CC(C)C(C(=O)NCCc1ccc(O)cc1)N1C(=O)C(=Cc2ccco2)SC1=S. The molecule has 0 radical (unpaired) electrons. The molecule has 6 nitrogen and oxygen atoms in total. The fourth-order valence-corrected chi connectivity index (χ4v) is 4.35. The van der Waals surface area contributed by atoms with Crippen LogP contribution in [0.15, 0.2) is 52.0 Å². The van der Waals surface area contributed by atoms with E-state index in [0.717, 1.165) is 5.56 Å². The number of thioether (sulfide) groups is 1. The maximum absolute atomic E-state index is 12.9. The first-order chi connectivity index (χ1) is 13.9. The minimum absolute atomic E-state index is 0.117. The second-order valence-electron chi connectivity index (χ2n) is 6.96. The van der Waals surface area contributed by atoms with Crippen molar-refractivity contribution in [2.45, 2.75) is 26.3 Å². The Morgan fingerprint density at radius 2 is 2.03 bits per heavy atom. The van der Waals surface area contributed by atoms with Crippen molar-refractivity contribution < 1.29 is 19.1 Å². The Kier molecular flexibility index (Phi) is 6.76. The van der Waals surface area contributed by atoms with Gasteiger partial charge in [0.25, 0.3) is 5.91 Å². The third-order valence-electron chi connectivity index (χ3n) is 4.47. The summed E-state index contributed by atoms with van der Waals surface area (Å²) in [5.41, 5.74) is 0.996. The molecule has 2 N–H and O–H groups in total. The van der Waals surface area contributed by atoms with Crippen LogP contribution in [0.3, 0.4) is 0 Å². The highest BCUT2D eigenvalue weighted by Gasteiger charge is 2.41. The number of phenolic OH excluding ortho intramolecular Hbond substituents is 1. The fraction of sp³-hybridized carbons (Fsp3) is 0.286. The van der Waals surface area contributed by atoms with Gasteiger partial charge in [-0.1, -0.05) is 50.0 Å². The van der Waals surface area contributed by atoms with E-state index in [4.69, 9.17) is 16.6 Å². The van der Waals surface area contributed by atoms with Gasteiger partial charge in [-0.3, -0.25) is 14.5 Å². The minimum Gasteiger partial charge on any atom is -0.508 e. The molecule has 1 aliphatic heterocycles. The molecule has 152 valence electrons. The molecule has 0 aliphatic carbocycles. The highest BCUT2D eigenvalue weighted by atomic mass is 32.2. The van der Waals surface area contributed by atoms with E-state index in [2.05, 4.69) is 5.32 Å². The fourth-order valence-electron chi connectivity index (χ4n) is 3.04. The molecule has 3 rings (SSSR count). The number of aromatic hydroxyl groups is 1. The van der Waals surface area contributed by atoms with Crippen LogP contribution in [0, 0.1) is 5.92 Å². The number of furan rings is 1. The smallest absolute Gasteiger partial charge is 0.267 e. The molecule has 29 heavy (non-hydrogen) atoms. The molecule has 1 atom stereocenters. The molecule has 1 fully saturated rings. The van der Waals surface area contributed by atoms with Gasteiger partial charge in [0.1, 0.15) is 21.9 Å². The van der Waals surface area contributed by atoms with Gasteiger partial charge in [0.15, 0.2) is 0 Å². The highest BCUT2D eigenvalue weighted by Crippen LogP contribution is 2.35. The summed E-state index contributed by atoms with van der Waals surface area (Å²) in [4.78, 5) is 27.6. The van der Waals surface area contributed by atoms with Crippen LogP contribution in [0.2, 0.25) is 0 Å². The van der Waals surface area contributed by atoms with Gasteiger partial charge < -0.3 is 14.8 Å². The zero-order chi connectivity index (χ0) is 21.0. The zero-order valence-corrected chi connectivity index (χ0v) is 17.8. The number of rotatable bonds is 7. The van der Waals surface area contributed by atoms with Crippen LogP contribution in [0.4, 0.5) is 0 Å². The van der Waals surface area contributed by atoms with Crippen LogP contribution in [-0.2, 0) is 16.0 Å². The largest absolute Gasteiger partial charge is 0.508 e. The molecule has 8 heteroatoms. The van der Waals surface area contributed by atoms with E-state index in [1.54, 1.807) is 30.3 Å². The summed E-state index contributed by atoms with van der Waals surface area (Å²) >= 11 is 6.57. The number of phenols is 1. The van der Waals surface area contributed by atoms with E-state index >= 15 is 0 Å². The maximum Gasteiger partial charge on any atom is 0.267 e. The van der Waals surface area contributed by atoms with E-state index in [0.29, 0.717) is 28.0 Å². The summed E-state index contributed by atoms with van der Waals surface area (Å²) in [6.07, 6.45) is 3.79. The molecule has 1 aromatic heterocycles. The van der Waals surface area contributed by atoms with Crippen molar-refractivity contribution in [3.05, 3.63) is 58.9 Å². The van der Waals surface area contributed by atoms with Gasteiger partial charge >= 0.3 is 0 Å². The minimum atomic E-state index is -0.690. The number of thiocarbonyl (C=S) groups is 1. The number of hydrogen-bond donors (Lipinski definition) is 2. The van der Waals surface area contributed by atoms with Gasteiger partial charge in [0, 0.05) is 12.6 Å². The van der Waals surface area contributed by atoms with E-state index in [1.165, 1.54) is 22.9 Å². The lowest BCUT2D eigenvalue weighted by molar-refractivity contribution is -0.134. The standard InChI is InChI=1S/C21H22N2O4S2/c1-13(2)18(19(25)22-10-9-14-5-7-15(24)8-6-14)23-20(26)17(29-21(23)28)12-16-4-3-11-27-16/h3-8,11-13,18,24H,9-10H2,1-2H3,(H,22,25). The van der Waals surface area contributed by atoms with Crippen molar-refractivity contribution in [2.75, 3.05) is 6.54 Å². The summed E-state index contributed by atoms with van der Waals surface area (Å²) in [6, 6.07) is 9.64. The molecule has 0 spiro atoms. The van der Waals surface area contributed by atoms with E-state index < -0.39 is 6.04 Å². The van der Waals surface area contributed by atoms with Gasteiger partial charge in [-0.25, -0.2) is 0 Å². The van der Waals surface area contributed by atoms with Gasteiger partial charge in [0.05, 0.1) is 11.2 Å². The average Bonchev–Trinajstić information content (AvgIpc) is 3.27. The van der Waals surface area contributed by atoms with Crippen molar-refractivity contribution >= 4 is 46.2 Å². The molecular weight excluding hydrogens is 408 g/mol. The van der Waals surface area contributed by atoms with Gasteiger partial charge in [-0.2, -0.15) is 0 Å². The molecule has 1 aromatic carbocycles. The first-order valence-corrected chi connectivity index (χ1v) is 10.5. The van der Waals surface area contributed by atoms with Gasteiger partial charge in [-0.05, 0) is 42.2 Å². The van der Waals surface area contributed by atoms with Crippen LogP contribution < -0.4 is 5.32 Å². The summed E-state index contributed by atoms with van der Waals surface area (Å²) in [5, 5.41) is 12.2. The molecule has 1 unspecified atom stereocenters. The Morgan fingerprint density at radius 1 is 1.31 bits per heavy atom. The lowest BCUT2D eigenvalue weighted by Gasteiger charge is -2.29. The lowest BCUT2D eigenvalue weighted by atomic mass is 10.0. The first-order valence-electron chi connectivity index (χ1n) is 9.23. The number of nitrogens with one attached hydrogen (secondary N) is 1. The van der Waals surface area contributed by atoms with Crippen LogP contribution in [0.1, 0.15) is 25.2 Å². The van der Waals surface area contributed by atoms with E-state index in [9.17, 15) is 14.7 Å². The number of nitrogens with zero attached hydrogens (tertiary/aromatic N) is 1. The Hall–Kier alpha value is -2.58. The summed E-state index contributed by atoms with van der Waals surface area (Å²) in [5.74, 6) is 0.117. The molecule has 1 saturated heterocycles. The van der Waals surface area contributed by atoms with Crippen molar-refractivity contribution in [3.8, 4) is 5.75 Å². The number of carbonyl (C=O) groups is 2. The highest BCUT2D eigenvalue weighted by molar-refractivity contribution is 8.26. The Balaban J connectivity index is 1.68.